The number of allylic oxidation sites excluding steroid dienone is 2. The maximum Gasteiger partial charge on any atom is 0.181 e. The minimum Gasteiger partial charge on any atom is -0.262 e. The van der Waals surface area contributed by atoms with Gasteiger partial charge >= 0.3 is 0 Å². The highest BCUT2D eigenvalue weighted by Crippen LogP contribution is 2.56. The van der Waals surface area contributed by atoms with E-state index >= 15 is 0 Å². The van der Waals surface area contributed by atoms with Gasteiger partial charge in [-0.15, -0.1) is 0 Å². The summed E-state index contributed by atoms with van der Waals surface area (Å²) in [7, 11) is 0. The highest BCUT2D eigenvalue weighted by atomic mass is 15.2. The van der Waals surface area contributed by atoms with E-state index in [9.17, 15) is 0 Å². The molecule has 0 aliphatic heterocycles. The number of aromatic nitrogens is 3. The van der Waals surface area contributed by atoms with Crippen LogP contribution in [0.5, 0.6) is 0 Å². The van der Waals surface area contributed by atoms with E-state index in [4.69, 9.17) is 10.1 Å². The van der Waals surface area contributed by atoms with E-state index in [1.807, 2.05) is 0 Å². The van der Waals surface area contributed by atoms with Gasteiger partial charge in [0.2, 0.25) is 0 Å². The van der Waals surface area contributed by atoms with Gasteiger partial charge in [0.1, 0.15) is 5.82 Å². The molecule has 1 aliphatic carbocycles. The van der Waals surface area contributed by atoms with Crippen molar-refractivity contribution in [2.75, 3.05) is 0 Å². The SMILES string of the molecule is CC(C)(C)C1(c2ccccc2)C=CCC(c2ccccc2)(c2nc(-c3cccc4ccccc34)n[nH]2)C1. The molecule has 0 saturated heterocycles. The number of nitrogens with one attached hydrogen (secondary N) is 1. The lowest BCUT2D eigenvalue weighted by molar-refractivity contribution is 0.174. The normalized spacial score (nSPS) is 21.8. The predicted octanol–water partition coefficient (Wildman–Crippen LogP) is 8.25. The Morgan fingerprint density at radius 1 is 0.730 bits per heavy atom. The number of rotatable bonds is 4. The van der Waals surface area contributed by atoms with Gasteiger partial charge in [-0.3, -0.25) is 5.10 Å². The molecule has 3 nitrogen and oxygen atoms in total. The fourth-order valence-electron chi connectivity index (χ4n) is 6.26. The first-order chi connectivity index (χ1) is 17.9. The van der Waals surface area contributed by atoms with Gasteiger partial charge in [-0.25, -0.2) is 4.98 Å². The molecular formula is C34H33N3. The largest absolute Gasteiger partial charge is 0.262 e. The minimum absolute atomic E-state index is 0.0101. The summed E-state index contributed by atoms with van der Waals surface area (Å²) in [5.41, 5.74) is 3.14. The van der Waals surface area contributed by atoms with E-state index in [2.05, 4.69) is 141 Å². The third kappa shape index (κ3) is 3.81. The quantitative estimate of drug-likeness (QED) is 0.262. The van der Waals surface area contributed by atoms with Crippen LogP contribution >= 0.6 is 0 Å². The van der Waals surface area contributed by atoms with Crippen molar-refractivity contribution in [2.45, 2.75) is 44.4 Å². The monoisotopic (exact) mass is 483 g/mol. The first-order valence-corrected chi connectivity index (χ1v) is 13.1. The summed E-state index contributed by atoms with van der Waals surface area (Å²) in [5.74, 6) is 1.67. The molecule has 0 fully saturated rings. The Morgan fingerprint density at radius 2 is 1.38 bits per heavy atom. The van der Waals surface area contributed by atoms with Crippen molar-refractivity contribution in [3.05, 3.63) is 132 Å². The molecule has 1 aromatic heterocycles. The standard InChI is InChI=1S/C34H33N3/c1-32(2,3)34(27-18-8-5-9-19-27)23-13-22-33(24-34,26-16-6-4-7-17-26)31-35-30(36-37-31)29-21-12-15-25-14-10-11-20-28(25)29/h4-21,23H,22,24H2,1-3H3,(H,35,36,37). The van der Waals surface area contributed by atoms with Crippen LogP contribution in [0.4, 0.5) is 0 Å². The number of aromatic amines is 1. The molecule has 5 aromatic rings. The molecule has 6 rings (SSSR count). The van der Waals surface area contributed by atoms with Gasteiger partial charge in [0.05, 0.1) is 5.41 Å². The minimum atomic E-state index is -0.338. The number of H-pyrrole nitrogens is 1. The number of hydrogen-bond donors (Lipinski definition) is 1. The van der Waals surface area contributed by atoms with Crippen molar-refractivity contribution < 1.29 is 0 Å². The van der Waals surface area contributed by atoms with Crippen LogP contribution in [0.15, 0.2) is 115 Å². The van der Waals surface area contributed by atoms with Crippen molar-refractivity contribution in [3.8, 4) is 11.4 Å². The molecule has 1 aliphatic rings. The van der Waals surface area contributed by atoms with Crippen LogP contribution in [0.1, 0.15) is 50.6 Å². The summed E-state index contributed by atoms with van der Waals surface area (Å²) in [6.07, 6.45) is 6.59. The lowest BCUT2D eigenvalue weighted by Crippen LogP contribution is -2.48. The average molecular weight is 484 g/mol. The number of benzene rings is 4. The molecule has 0 saturated carbocycles. The van der Waals surface area contributed by atoms with Crippen LogP contribution < -0.4 is 0 Å². The van der Waals surface area contributed by atoms with Crippen molar-refractivity contribution in [3.63, 3.8) is 0 Å². The van der Waals surface area contributed by atoms with Crippen LogP contribution in [-0.2, 0) is 10.8 Å². The molecule has 1 heterocycles. The Kier molecular flexibility index (Phi) is 5.60. The molecule has 37 heavy (non-hydrogen) atoms. The zero-order valence-corrected chi connectivity index (χ0v) is 21.8. The molecule has 2 unspecified atom stereocenters. The van der Waals surface area contributed by atoms with Gasteiger partial charge < -0.3 is 0 Å². The molecule has 184 valence electrons. The topological polar surface area (TPSA) is 41.6 Å². The maximum atomic E-state index is 5.24. The summed E-state index contributed by atoms with van der Waals surface area (Å²) in [4.78, 5) is 5.24. The zero-order chi connectivity index (χ0) is 25.5. The van der Waals surface area contributed by atoms with Gasteiger partial charge in [-0.05, 0) is 40.2 Å². The molecule has 3 heteroatoms. The maximum absolute atomic E-state index is 5.24. The Hall–Kier alpha value is -3.98. The molecular weight excluding hydrogens is 450 g/mol. The lowest BCUT2D eigenvalue weighted by Gasteiger charge is -2.51. The second-order valence-corrected chi connectivity index (χ2v) is 11.4. The number of hydrogen-bond acceptors (Lipinski definition) is 2. The van der Waals surface area contributed by atoms with E-state index in [-0.39, 0.29) is 16.2 Å². The molecule has 1 N–H and O–H groups in total. The smallest absolute Gasteiger partial charge is 0.181 e. The molecule has 0 amide bonds. The second-order valence-electron chi connectivity index (χ2n) is 11.4. The van der Waals surface area contributed by atoms with Crippen LogP contribution in [0.2, 0.25) is 0 Å². The third-order valence-electron chi connectivity index (χ3n) is 8.37. The van der Waals surface area contributed by atoms with E-state index < -0.39 is 0 Å². The summed E-state index contributed by atoms with van der Waals surface area (Å²) in [6, 6.07) is 36.6. The fourth-order valence-corrected chi connectivity index (χ4v) is 6.26. The molecule has 0 radical (unpaired) electrons. The van der Waals surface area contributed by atoms with E-state index in [1.54, 1.807) is 0 Å². The molecule has 0 spiro atoms. The highest BCUT2D eigenvalue weighted by Gasteiger charge is 2.52. The highest BCUT2D eigenvalue weighted by molar-refractivity contribution is 5.94. The van der Waals surface area contributed by atoms with Gasteiger partial charge in [0.15, 0.2) is 5.82 Å². The van der Waals surface area contributed by atoms with E-state index in [0.717, 1.165) is 30.1 Å². The summed E-state index contributed by atoms with van der Waals surface area (Å²) in [5, 5.41) is 10.6. The van der Waals surface area contributed by atoms with Crippen molar-refractivity contribution >= 4 is 10.8 Å². The number of fused-ring (bicyclic) bond motifs is 1. The van der Waals surface area contributed by atoms with Crippen LogP contribution in [-0.4, -0.2) is 15.2 Å². The van der Waals surface area contributed by atoms with Crippen LogP contribution in [0.3, 0.4) is 0 Å². The first-order valence-electron chi connectivity index (χ1n) is 13.1. The second kappa shape index (κ2) is 8.85. The van der Waals surface area contributed by atoms with Crippen molar-refractivity contribution in [1.29, 1.82) is 0 Å². The van der Waals surface area contributed by atoms with E-state index in [1.165, 1.54) is 21.9 Å². The first kappa shape index (κ1) is 23.4. The van der Waals surface area contributed by atoms with Gasteiger partial charge in [0, 0.05) is 11.0 Å². The van der Waals surface area contributed by atoms with Crippen LogP contribution in [0, 0.1) is 5.41 Å². The Balaban J connectivity index is 1.55. The van der Waals surface area contributed by atoms with Gasteiger partial charge in [-0.2, -0.15) is 5.10 Å². The lowest BCUT2D eigenvalue weighted by atomic mass is 9.52. The third-order valence-corrected chi connectivity index (χ3v) is 8.37. The van der Waals surface area contributed by atoms with Crippen molar-refractivity contribution in [2.24, 2.45) is 5.41 Å². The zero-order valence-electron chi connectivity index (χ0n) is 21.8. The average Bonchev–Trinajstić information content (AvgIpc) is 3.44. The Labute approximate surface area is 219 Å². The van der Waals surface area contributed by atoms with Gasteiger partial charge in [-0.1, -0.05) is 136 Å². The Morgan fingerprint density at radius 3 is 2.11 bits per heavy atom. The van der Waals surface area contributed by atoms with Crippen LogP contribution in [0.25, 0.3) is 22.2 Å². The summed E-state index contributed by atoms with van der Waals surface area (Å²) < 4.78 is 0. The molecule has 0 bridgehead atoms. The molecule has 4 aromatic carbocycles. The number of nitrogens with zero attached hydrogens (tertiary/aromatic N) is 2. The Bertz CT molecular complexity index is 1550. The summed E-state index contributed by atoms with van der Waals surface area (Å²) >= 11 is 0. The molecule has 2 atom stereocenters. The van der Waals surface area contributed by atoms with Gasteiger partial charge in [0.25, 0.3) is 0 Å². The fraction of sp³-hybridized carbons (Fsp3) is 0.235. The predicted molar refractivity (Wildman–Crippen MR) is 152 cm³/mol. The van der Waals surface area contributed by atoms with E-state index in [0.29, 0.717) is 0 Å². The summed E-state index contributed by atoms with van der Waals surface area (Å²) in [6.45, 7) is 7.06. The van der Waals surface area contributed by atoms with Crippen molar-refractivity contribution in [1.82, 2.24) is 15.2 Å².